The maximum absolute atomic E-state index is 12.7. The van der Waals surface area contributed by atoms with Gasteiger partial charge in [0.2, 0.25) is 0 Å². The zero-order valence-corrected chi connectivity index (χ0v) is 25.4. The molecule has 0 heterocycles. The minimum absolute atomic E-state index is 0.0876. The Hall–Kier alpha value is -2.45. The minimum Gasteiger partial charge on any atom is -0.462 e. The predicted octanol–water partition coefficient (Wildman–Crippen LogP) is 8.64. The van der Waals surface area contributed by atoms with Gasteiger partial charge in [0.25, 0.3) is 10.1 Å². The average Bonchev–Trinajstić information content (AvgIpc) is 2.93. The summed E-state index contributed by atoms with van der Waals surface area (Å²) < 4.78 is 43.3. The topological polar surface area (TPSA) is 107 Å². The molecule has 0 aliphatic rings. The van der Waals surface area contributed by atoms with Crippen molar-refractivity contribution in [1.29, 1.82) is 0 Å². The lowest BCUT2D eigenvalue weighted by Crippen LogP contribution is -2.16. The highest BCUT2D eigenvalue weighted by Gasteiger charge is 2.23. The first-order valence-electron chi connectivity index (χ1n) is 15.1. The van der Waals surface area contributed by atoms with Crippen LogP contribution in [0.3, 0.4) is 0 Å². The van der Waals surface area contributed by atoms with E-state index in [1.165, 1.54) is 57.4 Å². The second-order valence-corrected chi connectivity index (χ2v) is 11.5. The molecule has 0 radical (unpaired) electrons. The van der Waals surface area contributed by atoms with Gasteiger partial charge in [0.05, 0.1) is 29.2 Å². The Morgan fingerprint density at radius 1 is 0.650 bits per heavy atom. The van der Waals surface area contributed by atoms with E-state index in [0.717, 1.165) is 50.7 Å². The summed E-state index contributed by atoms with van der Waals surface area (Å²) in [4.78, 5) is 24.9. The Bertz CT molecular complexity index is 1010. The first kappa shape index (κ1) is 35.6. The summed E-state index contributed by atoms with van der Waals surface area (Å²) >= 11 is 0. The number of ether oxygens (including phenoxy) is 2. The number of hydrogen-bond acceptors (Lipinski definition) is 6. The van der Waals surface area contributed by atoms with E-state index in [0.29, 0.717) is 12.8 Å². The number of unbranched alkanes of at least 4 members (excludes halogenated alkanes) is 12. The van der Waals surface area contributed by atoms with E-state index in [2.05, 4.69) is 38.2 Å². The van der Waals surface area contributed by atoms with Gasteiger partial charge >= 0.3 is 11.9 Å². The van der Waals surface area contributed by atoms with Crippen molar-refractivity contribution >= 4 is 22.1 Å². The first-order valence-corrected chi connectivity index (χ1v) is 16.5. The SMILES string of the molecule is CCCCCC/C=C/CCCCOC(=O)c1ccc(S(=O)(=O)O)cc1C(=O)OCCCC/C=C/CCCCCC. The fourth-order valence-corrected chi connectivity index (χ4v) is 4.60. The summed E-state index contributed by atoms with van der Waals surface area (Å²) in [5.41, 5.74) is -0.325. The first-order chi connectivity index (χ1) is 19.3. The monoisotopic (exact) mass is 578 g/mol. The van der Waals surface area contributed by atoms with Crippen LogP contribution in [0.15, 0.2) is 47.4 Å². The highest BCUT2D eigenvalue weighted by atomic mass is 32.2. The molecule has 0 atom stereocenters. The van der Waals surface area contributed by atoms with E-state index in [1.807, 2.05) is 0 Å². The molecule has 0 unspecified atom stereocenters. The van der Waals surface area contributed by atoms with Crippen LogP contribution in [0.1, 0.15) is 137 Å². The molecule has 1 aromatic rings. The smallest absolute Gasteiger partial charge is 0.339 e. The van der Waals surface area contributed by atoms with Crippen LogP contribution in [0.5, 0.6) is 0 Å². The van der Waals surface area contributed by atoms with E-state index >= 15 is 0 Å². The van der Waals surface area contributed by atoms with E-state index < -0.39 is 27.0 Å². The van der Waals surface area contributed by atoms with Gasteiger partial charge in [-0.25, -0.2) is 9.59 Å². The van der Waals surface area contributed by atoms with Crippen molar-refractivity contribution in [3.05, 3.63) is 53.6 Å². The molecule has 7 nitrogen and oxygen atoms in total. The Balaban J connectivity index is 2.52. The lowest BCUT2D eigenvalue weighted by Gasteiger charge is -2.11. The quantitative estimate of drug-likeness (QED) is 0.0599. The van der Waals surface area contributed by atoms with E-state index in [4.69, 9.17) is 9.47 Å². The van der Waals surface area contributed by atoms with Gasteiger partial charge in [-0.1, -0.05) is 76.7 Å². The number of hydrogen-bond donors (Lipinski definition) is 1. The van der Waals surface area contributed by atoms with Crippen molar-refractivity contribution in [2.75, 3.05) is 13.2 Å². The molecule has 0 bridgehead atoms. The third-order valence-corrected chi connectivity index (χ3v) is 7.36. The maximum Gasteiger partial charge on any atom is 0.339 e. The molecular formula is C32H50O7S. The van der Waals surface area contributed by atoms with Crippen molar-refractivity contribution in [2.24, 2.45) is 0 Å². The number of esters is 2. The van der Waals surface area contributed by atoms with Crippen LogP contribution < -0.4 is 0 Å². The maximum atomic E-state index is 12.7. The van der Waals surface area contributed by atoms with Gasteiger partial charge < -0.3 is 9.47 Å². The normalized spacial score (nSPS) is 11.9. The molecular weight excluding hydrogens is 528 g/mol. The molecule has 226 valence electrons. The molecule has 0 saturated carbocycles. The Kier molecular flexibility index (Phi) is 19.8. The molecule has 8 heteroatoms. The zero-order valence-electron chi connectivity index (χ0n) is 24.6. The molecule has 0 amide bonds. The number of carbonyl (C=O) groups is 2. The third kappa shape index (κ3) is 16.6. The van der Waals surface area contributed by atoms with Gasteiger partial charge in [-0.15, -0.1) is 0 Å². The number of rotatable bonds is 23. The molecule has 1 rings (SSSR count). The van der Waals surface area contributed by atoms with Crippen LogP contribution in [0.4, 0.5) is 0 Å². The standard InChI is InChI=1S/C32H50O7S/c1-3-5-7-9-11-13-15-17-19-21-25-38-31(33)29-24-23-28(40(35,36)37)27-30(29)32(34)39-26-22-20-18-16-14-12-10-8-6-4-2/h13-16,23-24,27H,3-12,17-22,25-26H2,1-2H3,(H,35,36,37)/b15-13+,16-14+. The van der Waals surface area contributed by atoms with Crippen LogP contribution in [0, 0.1) is 0 Å². The summed E-state index contributed by atoms with van der Waals surface area (Å²) in [6.45, 7) is 4.71. The van der Waals surface area contributed by atoms with Crippen molar-refractivity contribution in [3.8, 4) is 0 Å². The van der Waals surface area contributed by atoms with Crippen LogP contribution >= 0.6 is 0 Å². The van der Waals surface area contributed by atoms with E-state index in [9.17, 15) is 22.6 Å². The Morgan fingerprint density at radius 3 is 1.50 bits per heavy atom. The highest BCUT2D eigenvalue weighted by Crippen LogP contribution is 2.19. The van der Waals surface area contributed by atoms with Crippen molar-refractivity contribution in [3.63, 3.8) is 0 Å². The molecule has 0 aliphatic heterocycles. The molecule has 0 aliphatic carbocycles. The van der Waals surface area contributed by atoms with Gasteiger partial charge in [-0.2, -0.15) is 8.42 Å². The van der Waals surface area contributed by atoms with Gasteiger partial charge in [-0.05, 0) is 82.4 Å². The van der Waals surface area contributed by atoms with Crippen molar-refractivity contribution < 1.29 is 32.0 Å². The Labute approximate surface area is 242 Å². The molecule has 40 heavy (non-hydrogen) atoms. The van der Waals surface area contributed by atoms with Crippen LogP contribution in [0.25, 0.3) is 0 Å². The minimum atomic E-state index is -4.56. The second kappa shape index (κ2) is 22.3. The van der Waals surface area contributed by atoms with Gasteiger partial charge in [0.1, 0.15) is 0 Å². The van der Waals surface area contributed by atoms with E-state index in [-0.39, 0.29) is 24.3 Å². The van der Waals surface area contributed by atoms with E-state index in [1.54, 1.807) is 0 Å². The second-order valence-electron chi connectivity index (χ2n) is 10.1. The summed E-state index contributed by atoms with van der Waals surface area (Å²) in [6.07, 6.45) is 25.6. The molecule has 0 fully saturated rings. The third-order valence-electron chi connectivity index (χ3n) is 6.51. The summed E-state index contributed by atoms with van der Waals surface area (Å²) in [7, 11) is -4.56. The molecule has 0 aromatic heterocycles. The molecule has 1 aromatic carbocycles. The summed E-state index contributed by atoms with van der Waals surface area (Å²) in [5.74, 6) is -1.56. The lowest BCUT2D eigenvalue weighted by molar-refractivity contribution is 0.0451. The lowest BCUT2D eigenvalue weighted by atomic mass is 10.1. The zero-order chi connectivity index (χ0) is 29.5. The largest absolute Gasteiger partial charge is 0.462 e. The predicted molar refractivity (Wildman–Crippen MR) is 160 cm³/mol. The van der Waals surface area contributed by atoms with Gasteiger partial charge in [0, 0.05) is 0 Å². The molecule has 0 spiro atoms. The Morgan fingerprint density at radius 2 is 1.07 bits per heavy atom. The summed E-state index contributed by atoms with van der Waals surface area (Å²) in [6, 6.07) is 3.21. The van der Waals surface area contributed by atoms with Crippen molar-refractivity contribution in [1.82, 2.24) is 0 Å². The molecule has 0 saturated heterocycles. The number of benzene rings is 1. The van der Waals surface area contributed by atoms with Crippen LogP contribution in [-0.4, -0.2) is 38.1 Å². The van der Waals surface area contributed by atoms with Crippen LogP contribution in [-0.2, 0) is 19.6 Å². The average molecular weight is 579 g/mol. The van der Waals surface area contributed by atoms with Crippen LogP contribution in [0.2, 0.25) is 0 Å². The highest BCUT2D eigenvalue weighted by molar-refractivity contribution is 7.85. The number of allylic oxidation sites excluding steroid dienone is 4. The summed E-state index contributed by atoms with van der Waals surface area (Å²) in [5, 5.41) is 0. The van der Waals surface area contributed by atoms with Gasteiger partial charge in [-0.3, -0.25) is 4.55 Å². The fourth-order valence-electron chi connectivity index (χ4n) is 4.09. The van der Waals surface area contributed by atoms with Crippen molar-refractivity contribution in [2.45, 2.75) is 121 Å². The van der Waals surface area contributed by atoms with Gasteiger partial charge in [0.15, 0.2) is 0 Å². The number of carbonyl (C=O) groups excluding carboxylic acids is 2. The fraction of sp³-hybridized carbons (Fsp3) is 0.625. The molecule has 1 N–H and O–H groups in total.